The summed E-state index contributed by atoms with van der Waals surface area (Å²) in [6, 6.07) is 12.8. The number of carbonyl (C=O) groups is 2. The molecule has 0 fully saturated rings. The largest absolute Gasteiger partial charge is 0.300 e. The molecule has 0 atom stereocenters. The zero-order chi connectivity index (χ0) is 15.0. The maximum atomic E-state index is 12.1. The van der Waals surface area contributed by atoms with Crippen molar-refractivity contribution in [3.8, 4) is 0 Å². The molecule has 0 N–H and O–H groups in total. The number of ketones is 1. The normalized spacial score (nSPS) is 13.4. The van der Waals surface area contributed by atoms with Crippen LogP contribution in [0.4, 0.5) is 11.4 Å². The van der Waals surface area contributed by atoms with E-state index in [9.17, 15) is 19.7 Å². The van der Waals surface area contributed by atoms with Gasteiger partial charge in [-0.25, -0.2) is 0 Å². The predicted molar refractivity (Wildman–Crippen MR) is 75.1 cm³/mol. The second kappa shape index (κ2) is 4.82. The summed E-state index contributed by atoms with van der Waals surface area (Å²) in [7, 11) is 0. The minimum Gasteiger partial charge on any atom is -0.300 e. The summed E-state index contributed by atoms with van der Waals surface area (Å²) in [5, 5.41) is 11.0. The third-order valence-corrected chi connectivity index (χ3v) is 3.40. The van der Waals surface area contributed by atoms with Crippen LogP contribution in [0.2, 0.25) is 0 Å². The van der Waals surface area contributed by atoms with E-state index in [2.05, 4.69) is 0 Å². The van der Waals surface area contributed by atoms with Crippen molar-refractivity contribution >= 4 is 23.1 Å². The lowest BCUT2D eigenvalue weighted by atomic mass is 10.1. The molecule has 2 aromatic rings. The Balaban J connectivity index is 2.02. The third-order valence-electron chi connectivity index (χ3n) is 3.40. The van der Waals surface area contributed by atoms with Gasteiger partial charge in [0.05, 0.1) is 22.7 Å². The summed E-state index contributed by atoms with van der Waals surface area (Å²) < 4.78 is 0. The van der Waals surface area contributed by atoms with Gasteiger partial charge in [-0.3, -0.25) is 19.7 Å². The van der Waals surface area contributed by atoms with Crippen molar-refractivity contribution in [3.05, 3.63) is 69.8 Å². The summed E-state index contributed by atoms with van der Waals surface area (Å²) in [6.45, 7) is -0.00125. The minimum absolute atomic E-state index is 0.00125. The molecule has 0 radical (unpaired) electrons. The van der Waals surface area contributed by atoms with Crippen molar-refractivity contribution in [3.63, 3.8) is 0 Å². The molecule has 0 aliphatic carbocycles. The molecular formula is C15H10N2O4. The maximum absolute atomic E-state index is 12.1. The van der Waals surface area contributed by atoms with E-state index >= 15 is 0 Å². The van der Waals surface area contributed by atoms with Crippen molar-refractivity contribution in [2.75, 3.05) is 4.90 Å². The Morgan fingerprint density at radius 3 is 2.43 bits per heavy atom. The quantitative estimate of drug-likeness (QED) is 0.491. The first-order chi connectivity index (χ1) is 10.1. The molecule has 0 aromatic heterocycles. The van der Waals surface area contributed by atoms with Gasteiger partial charge < -0.3 is 4.90 Å². The first kappa shape index (κ1) is 13.0. The van der Waals surface area contributed by atoms with Crippen LogP contribution in [0.3, 0.4) is 0 Å². The fourth-order valence-electron chi connectivity index (χ4n) is 2.40. The third kappa shape index (κ3) is 2.06. The minimum atomic E-state index is -0.658. The van der Waals surface area contributed by atoms with Crippen molar-refractivity contribution in [2.24, 2.45) is 0 Å². The lowest BCUT2D eigenvalue weighted by Gasteiger charge is -2.16. The Bertz CT molecular complexity index is 770. The van der Waals surface area contributed by atoms with Crippen LogP contribution in [0.25, 0.3) is 0 Å². The van der Waals surface area contributed by atoms with Gasteiger partial charge >= 0.3 is 0 Å². The van der Waals surface area contributed by atoms with Crippen molar-refractivity contribution in [1.82, 2.24) is 0 Å². The second-order valence-electron chi connectivity index (χ2n) is 4.62. The highest BCUT2D eigenvalue weighted by Crippen LogP contribution is 2.31. The zero-order valence-corrected chi connectivity index (χ0v) is 10.9. The van der Waals surface area contributed by atoms with Gasteiger partial charge in [-0.05, 0) is 12.1 Å². The van der Waals surface area contributed by atoms with E-state index < -0.39 is 16.6 Å². The first-order valence-electron chi connectivity index (χ1n) is 6.27. The predicted octanol–water partition coefficient (Wildman–Crippen LogP) is 2.32. The molecule has 1 aliphatic heterocycles. The van der Waals surface area contributed by atoms with Gasteiger partial charge in [0.1, 0.15) is 0 Å². The molecule has 104 valence electrons. The second-order valence-corrected chi connectivity index (χ2v) is 4.62. The Hall–Kier alpha value is -3.02. The molecular weight excluding hydrogens is 272 g/mol. The lowest BCUT2D eigenvalue weighted by Crippen LogP contribution is -2.29. The highest BCUT2D eigenvalue weighted by atomic mass is 16.6. The molecule has 0 saturated heterocycles. The van der Waals surface area contributed by atoms with Crippen molar-refractivity contribution in [2.45, 2.75) is 6.54 Å². The molecule has 0 saturated carbocycles. The number of hydrogen-bond acceptors (Lipinski definition) is 4. The molecule has 0 unspecified atom stereocenters. The average molecular weight is 282 g/mol. The van der Waals surface area contributed by atoms with E-state index in [1.54, 1.807) is 42.5 Å². The van der Waals surface area contributed by atoms with Gasteiger partial charge in [0.2, 0.25) is 0 Å². The van der Waals surface area contributed by atoms with Gasteiger partial charge in [0.15, 0.2) is 0 Å². The van der Waals surface area contributed by atoms with Crippen LogP contribution in [0.15, 0.2) is 48.5 Å². The number of nitrogens with zero attached hydrogens (tertiary/aromatic N) is 2. The number of Topliss-reactive ketones (excluding diaryl/α,β-unsaturated/α-hetero) is 1. The molecule has 0 bridgehead atoms. The first-order valence-corrected chi connectivity index (χ1v) is 6.27. The fraction of sp³-hybridized carbons (Fsp3) is 0.0667. The zero-order valence-electron chi connectivity index (χ0n) is 10.9. The number of amides is 1. The Kier molecular flexibility index (Phi) is 2.98. The monoisotopic (exact) mass is 282 g/mol. The van der Waals surface area contributed by atoms with Gasteiger partial charge in [-0.1, -0.05) is 30.3 Å². The topological polar surface area (TPSA) is 80.5 Å². The van der Waals surface area contributed by atoms with Crippen LogP contribution in [-0.4, -0.2) is 16.6 Å². The highest BCUT2D eigenvalue weighted by Gasteiger charge is 2.36. The van der Waals surface area contributed by atoms with Gasteiger partial charge in [-0.2, -0.15) is 0 Å². The van der Waals surface area contributed by atoms with E-state index in [-0.39, 0.29) is 12.2 Å². The SMILES string of the molecule is O=C1C(=O)N(Cc2ccccc2[N+](=O)[O-])c2ccccc21. The summed E-state index contributed by atoms with van der Waals surface area (Å²) in [5.74, 6) is -1.24. The lowest BCUT2D eigenvalue weighted by molar-refractivity contribution is -0.385. The number of nitro benzene ring substituents is 1. The van der Waals surface area contributed by atoms with Gasteiger partial charge in [-0.15, -0.1) is 0 Å². The molecule has 1 aliphatic rings. The molecule has 1 amide bonds. The fourth-order valence-corrected chi connectivity index (χ4v) is 2.40. The Morgan fingerprint density at radius 2 is 1.67 bits per heavy atom. The van der Waals surface area contributed by atoms with Crippen LogP contribution in [0, 0.1) is 10.1 Å². The van der Waals surface area contributed by atoms with E-state index in [1.165, 1.54) is 11.0 Å². The number of anilines is 1. The molecule has 6 heteroatoms. The van der Waals surface area contributed by atoms with Crippen LogP contribution in [0.5, 0.6) is 0 Å². The standard InChI is InChI=1S/C15H10N2O4/c18-14-11-6-2-4-8-13(11)16(15(14)19)9-10-5-1-3-7-12(10)17(20)21/h1-8H,9H2. The Labute approximate surface area is 119 Å². The number of hydrogen-bond donors (Lipinski definition) is 0. The molecule has 6 nitrogen and oxygen atoms in total. The number of fused-ring (bicyclic) bond motifs is 1. The average Bonchev–Trinajstić information content (AvgIpc) is 2.73. The van der Waals surface area contributed by atoms with Crippen LogP contribution in [-0.2, 0) is 11.3 Å². The highest BCUT2D eigenvalue weighted by molar-refractivity contribution is 6.52. The number of rotatable bonds is 3. The summed E-state index contributed by atoms with van der Waals surface area (Å²) >= 11 is 0. The summed E-state index contributed by atoms with van der Waals surface area (Å²) in [6.07, 6.45) is 0. The molecule has 0 spiro atoms. The van der Waals surface area contributed by atoms with E-state index in [0.717, 1.165) is 0 Å². The van der Waals surface area contributed by atoms with Gasteiger partial charge in [0.25, 0.3) is 17.4 Å². The molecule has 1 heterocycles. The molecule has 3 rings (SSSR count). The van der Waals surface area contributed by atoms with E-state index in [1.807, 2.05) is 0 Å². The van der Waals surface area contributed by atoms with Crippen LogP contribution >= 0.6 is 0 Å². The van der Waals surface area contributed by atoms with Crippen molar-refractivity contribution < 1.29 is 14.5 Å². The van der Waals surface area contributed by atoms with Gasteiger partial charge in [0, 0.05) is 11.6 Å². The summed E-state index contributed by atoms with van der Waals surface area (Å²) in [5.41, 5.74) is 1.15. The smallest absolute Gasteiger partial charge is 0.299 e. The summed E-state index contributed by atoms with van der Waals surface area (Å²) in [4.78, 5) is 35.7. The van der Waals surface area contributed by atoms with Crippen LogP contribution < -0.4 is 4.90 Å². The molecule has 21 heavy (non-hydrogen) atoms. The van der Waals surface area contributed by atoms with E-state index in [4.69, 9.17) is 0 Å². The van der Waals surface area contributed by atoms with Crippen molar-refractivity contribution in [1.29, 1.82) is 0 Å². The van der Waals surface area contributed by atoms with E-state index in [0.29, 0.717) is 16.8 Å². The number of carbonyl (C=O) groups excluding carboxylic acids is 2. The maximum Gasteiger partial charge on any atom is 0.299 e. The number of nitro groups is 1. The Morgan fingerprint density at radius 1 is 1.00 bits per heavy atom. The number of para-hydroxylation sites is 2. The molecule has 2 aromatic carbocycles. The van der Waals surface area contributed by atoms with Crippen LogP contribution in [0.1, 0.15) is 15.9 Å². The number of benzene rings is 2.